The van der Waals surface area contributed by atoms with Crippen LogP contribution in [0.4, 0.5) is 10.8 Å². The van der Waals surface area contributed by atoms with Crippen LogP contribution in [-0.2, 0) is 4.79 Å². The lowest BCUT2D eigenvalue weighted by atomic mass is 10.1. The molecule has 0 spiro atoms. The second kappa shape index (κ2) is 10.3. The molecular weight excluding hydrogens is 436 g/mol. The van der Waals surface area contributed by atoms with E-state index in [0.29, 0.717) is 32.2 Å². The monoisotopic (exact) mass is 458 g/mol. The molecule has 3 rings (SSSR count). The van der Waals surface area contributed by atoms with Crippen molar-refractivity contribution in [3.8, 4) is 11.5 Å². The summed E-state index contributed by atoms with van der Waals surface area (Å²) in [6, 6.07) is 10.6. The van der Waals surface area contributed by atoms with Gasteiger partial charge in [-0.25, -0.2) is 0 Å². The van der Waals surface area contributed by atoms with Crippen LogP contribution in [0.15, 0.2) is 40.7 Å². The zero-order chi connectivity index (χ0) is 22.4. The van der Waals surface area contributed by atoms with Crippen molar-refractivity contribution in [1.82, 2.24) is 10.2 Å². The van der Waals surface area contributed by atoms with Gasteiger partial charge in [-0.15, -0.1) is 10.2 Å². The highest BCUT2D eigenvalue weighted by Gasteiger charge is 2.13. The van der Waals surface area contributed by atoms with Gasteiger partial charge in [-0.1, -0.05) is 29.2 Å². The zero-order valence-corrected chi connectivity index (χ0v) is 19.1. The van der Waals surface area contributed by atoms with Gasteiger partial charge in [0, 0.05) is 17.3 Å². The van der Waals surface area contributed by atoms with Crippen LogP contribution in [0.5, 0.6) is 11.5 Å². The van der Waals surface area contributed by atoms with Crippen molar-refractivity contribution in [2.45, 2.75) is 18.2 Å². The van der Waals surface area contributed by atoms with Gasteiger partial charge < -0.3 is 14.8 Å². The number of amides is 2. The van der Waals surface area contributed by atoms with E-state index in [4.69, 9.17) is 9.47 Å². The third-order valence-electron chi connectivity index (χ3n) is 4.39. The molecule has 10 heteroatoms. The third-order valence-corrected chi connectivity index (χ3v) is 6.36. The normalized spacial score (nSPS) is 10.5. The van der Waals surface area contributed by atoms with E-state index in [1.165, 1.54) is 30.2 Å². The van der Waals surface area contributed by atoms with Crippen LogP contribution in [0.3, 0.4) is 0 Å². The molecule has 0 aliphatic carbocycles. The first-order valence-corrected chi connectivity index (χ1v) is 11.1. The van der Waals surface area contributed by atoms with Crippen LogP contribution < -0.4 is 20.1 Å². The number of carbonyl (C=O) groups is 2. The molecule has 0 radical (unpaired) electrons. The first kappa shape index (κ1) is 22.6. The number of ether oxygens (including phenoxy) is 2. The fourth-order valence-corrected chi connectivity index (χ4v) is 4.16. The average Bonchev–Trinajstić information content (AvgIpc) is 3.21. The number of hydrogen-bond donors (Lipinski definition) is 2. The average molecular weight is 459 g/mol. The van der Waals surface area contributed by atoms with E-state index in [2.05, 4.69) is 20.8 Å². The van der Waals surface area contributed by atoms with Crippen LogP contribution in [-0.4, -0.2) is 42.0 Å². The Balaban J connectivity index is 1.53. The van der Waals surface area contributed by atoms with Gasteiger partial charge in [0.25, 0.3) is 5.91 Å². The standard InChI is InChI=1S/C21H22N4O4S2/c1-12-5-6-14(9-13(12)2)19(27)23-20-24-25-21(31-20)30-11-18(26)22-15-7-8-16(28-3)17(10-15)29-4/h5-10H,11H2,1-4H3,(H,22,26)(H,23,24,27). The minimum Gasteiger partial charge on any atom is -0.493 e. The number of anilines is 2. The Bertz CT molecular complexity index is 1100. The first-order chi connectivity index (χ1) is 14.9. The Morgan fingerprint density at radius 3 is 2.45 bits per heavy atom. The molecule has 2 N–H and O–H groups in total. The molecule has 0 aliphatic heterocycles. The predicted molar refractivity (Wildman–Crippen MR) is 123 cm³/mol. The number of aryl methyl sites for hydroxylation is 2. The molecular formula is C21H22N4O4S2. The van der Waals surface area contributed by atoms with Crippen LogP contribution in [0.25, 0.3) is 0 Å². The third kappa shape index (κ3) is 5.96. The van der Waals surface area contributed by atoms with E-state index in [1.54, 1.807) is 31.4 Å². The fourth-order valence-electron chi connectivity index (χ4n) is 2.61. The number of hydrogen-bond acceptors (Lipinski definition) is 8. The number of methoxy groups -OCH3 is 2. The van der Waals surface area contributed by atoms with E-state index >= 15 is 0 Å². The van der Waals surface area contributed by atoms with E-state index in [1.807, 2.05) is 26.0 Å². The van der Waals surface area contributed by atoms with E-state index in [9.17, 15) is 9.59 Å². The number of thioether (sulfide) groups is 1. The highest BCUT2D eigenvalue weighted by Crippen LogP contribution is 2.30. The summed E-state index contributed by atoms with van der Waals surface area (Å²) in [5.41, 5.74) is 3.32. The molecule has 8 nitrogen and oxygen atoms in total. The van der Waals surface area contributed by atoms with Crippen LogP contribution in [0.1, 0.15) is 21.5 Å². The maximum absolute atomic E-state index is 12.4. The summed E-state index contributed by atoms with van der Waals surface area (Å²) in [4.78, 5) is 24.6. The molecule has 0 atom stereocenters. The Morgan fingerprint density at radius 1 is 0.968 bits per heavy atom. The second-order valence-electron chi connectivity index (χ2n) is 6.53. The molecule has 31 heavy (non-hydrogen) atoms. The van der Waals surface area contributed by atoms with Crippen LogP contribution in [0.2, 0.25) is 0 Å². The topological polar surface area (TPSA) is 102 Å². The molecule has 0 fully saturated rings. The smallest absolute Gasteiger partial charge is 0.257 e. The highest BCUT2D eigenvalue weighted by atomic mass is 32.2. The van der Waals surface area contributed by atoms with Crippen molar-refractivity contribution < 1.29 is 19.1 Å². The molecule has 3 aromatic rings. The number of carbonyl (C=O) groups excluding carboxylic acids is 2. The number of rotatable bonds is 8. The van der Waals surface area contributed by atoms with Gasteiger partial charge in [-0.05, 0) is 49.2 Å². The van der Waals surface area contributed by atoms with Crippen molar-refractivity contribution in [3.63, 3.8) is 0 Å². The van der Waals surface area contributed by atoms with Gasteiger partial charge in [-0.2, -0.15) is 0 Å². The molecule has 1 heterocycles. The summed E-state index contributed by atoms with van der Waals surface area (Å²) in [6.45, 7) is 3.95. The van der Waals surface area contributed by atoms with Crippen molar-refractivity contribution >= 4 is 45.7 Å². The Kier molecular flexibility index (Phi) is 7.48. The van der Waals surface area contributed by atoms with Crippen LogP contribution >= 0.6 is 23.1 Å². The fraction of sp³-hybridized carbons (Fsp3) is 0.238. The Morgan fingerprint density at radius 2 is 1.74 bits per heavy atom. The number of aromatic nitrogens is 2. The van der Waals surface area contributed by atoms with Crippen LogP contribution in [0, 0.1) is 13.8 Å². The van der Waals surface area contributed by atoms with E-state index < -0.39 is 0 Å². The molecule has 0 saturated heterocycles. The number of nitrogens with one attached hydrogen (secondary N) is 2. The summed E-state index contributed by atoms with van der Waals surface area (Å²) in [5, 5.41) is 13.9. The maximum atomic E-state index is 12.4. The summed E-state index contributed by atoms with van der Waals surface area (Å²) >= 11 is 2.45. The molecule has 1 aromatic heterocycles. The minimum atomic E-state index is -0.248. The molecule has 0 saturated carbocycles. The molecule has 0 bridgehead atoms. The summed E-state index contributed by atoms with van der Waals surface area (Å²) in [5.74, 6) is 0.809. The molecule has 0 aliphatic rings. The minimum absolute atomic E-state index is 0.147. The maximum Gasteiger partial charge on any atom is 0.257 e. The number of nitrogens with zero attached hydrogens (tertiary/aromatic N) is 2. The lowest BCUT2D eigenvalue weighted by Crippen LogP contribution is -2.14. The summed E-state index contributed by atoms with van der Waals surface area (Å²) < 4.78 is 11.0. The Hall–Kier alpha value is -3.11. The van der Waals surface area contributed by atoms with Gasteiger partial charge in [-0.3, -0.25) is 14.9 Å². The SMILES string of the molecule is COc1ccc(NC(=O)CSc2nnc(NC(=O)c3ccc(C)c(C)c3)s2)cc1OC. The summed E-state index contributed by atoms with van der Waals surface area (Å²) in [7, 11) is 3.08. The molecule has 162 valence electrons. The summed E-state index contributed by atoms with van der Waals surface area (Å²) in [6.07, 6.45) is 0. The van der Waals surface area contributed by atoms with E-state index in [0.717, 1.165) is 11.1 Å². The van der Waals surface area contributed by atoms with Crippen molar-refractivity contribution in [1.29, 1.82) is 0 Å². The zero-order valence-electron chi connectivity index (χ0n) is 17.5. The van der Waals surface area contributed by atoms with Gasteiger partial charge in [0.05, 0.1) is 20.0 Å². The Labute approximate surface area is 188 Å². The lowest BCUT2D eigenvalue weighted by Gasteiger charge is -2.10. The highest BCUT2D eigenvalue weighted by molar-refractivity contribution is 8.01. The quantitative estimate of drug-likeness (QED) is 0.386. The predicted octanol–water partition coefficient (Wildman–Crippen LogP) is 4.16. The largest absolute Gasteiger partial charge is 0.493 e. The van der Waals surface area contributed by atoms with Gasteiger partial charge in [0.1, 0.15) is 0 Å². The molecule has 2 amide bonds. The molecule has 2 aromatic carbocycles. The van der Waals surface area contributed by atoms with Crippen molar-refractivity contribution in [2.24, 2.45) is 0 Å². The second-order valence-corrected chi connectivity index (χ2v) is 8.73. The van der Waals surface area contributed by atoms with Crippen molar-refractivity contribution in [2.75, 3.05) is 30.6 Å². The first-order valence-electron chi connectivity index (χ1n) is 9.26. The van der Waals surface area contributed by atoms with Crippen molar-refractivity contribution in [3.05, 3.63) is 53.1 Å². The van der Waals surface area contributed by atoms with Gasteiger partial charge >= 0.3 is 0 Å². The van der Waals surface area contributed by atoms with Gasteiger partial charge in [0.2, 0.25) is 11.0 Å². The lowest BCUT2D eigenvalue weighted by molar-refractivity contribution is -0.113. The molecule has 0 unspecified atom stereocenters. The van der Waals surface area contributed by atoms with Gasteiger partial charge in [0.15, 0.2) is 15.8 Å². The number of benzene rings is 2. The van der Waals surface area contributed by atoms with E-state index in [-0.39, 0.29) is 17.6 Å².